The second-order valence-electron chi connectivity index (χ2n) is 4.48. The number of rotatable bonds is 9. The van der Waals surface area contributed by atoms with Crippen LogP contribution >= 0.6 is 0 Å². The monoisotopic (exact) mass is 247 g/mol. The molecule has 0 spiro atoms. The minimum Gasteiger partial charge on any atom is -0.469 e. The summed E-state index contributed by atoms with van der Waals surface area (Å²) < 4.78 is 9.86. The van der Waals surface area contributed by atoms with Crippen LogP contribution in [0, 0.1) is 0 Å². The van der Waals surface area contributed by atoms with E-state index in [1.807, 2.05) is 25.8 Å². The van der Waals surface area contributed by atoms with Crippen molar-refractivity contribution in [2.45, 2.75) is 38.9 Å². The fourth-order valence-electron chi connectivity index (χ4n) is 1.40. The van der Waals surface area contributed by atoms with E-state index < -0.39 is 6.10 Å². The molecule has 0 rings (SSSR count). The van der Waals surface area contributed by atoms with Crippen molar-refractivity contribution in [3.63, 3.8) is 0 Å². The van der Waals surface area contributed by atoms with Gasteiger partial charge in [0.1, 0.15) is 0 Å². The summed E-state index contributed by atoms with van der Waals surface area (Å²) in [6.45, 7) is 5.53. The van der Waals surface area contributed by atoms with Gasteiger partial charge in [-0.25, -0.2) is 0 Å². The van der Waals surface area contributed by atoms with Crippen LogP contribution in [0.1, 0.15) is 26.7 Å². The molecule has 0 saturated carbocycles. The molecule has 0 heterocycles. The molecule has 5 heteroatoms. The zero-order valence-electron chi connectivity index (χ0n) is 11.3. The van der Waals surface area contributed by atoms with E-state index in [2.05, 4.69) is 4.74 Å². The molecule has 0 saturated heterocycles. The van der Waals surface area contributed by atoms with Crippen LogP contribution < -0.4 is 0 Å². The van der Waals surface area contributed by atoms with Gasteiger partial charge >= 0.3 is 5.97 Å². The van der Waals surface area contributed by atoms with Gasteiger partial charge in [-0.1, -0.05) is 0 Å². The van der Waals surface area contributed by atoms with Crippen LogP contribution in [-0.4, -0.2) is 62.0 Å². The number of aliphatic hydroxyl groups is 1. The quantitative estimate of drug-likeness (QED) is 0.606. The molecule has 1 N–H and O–H groups in total. The van der Waals surface area contributed by atoms with Crippen LogP contribution in [-0.2, 0) is 14.3 Å². The minimum absolute atomic E-state index is 0.134. The Morgan fingerprint density at radius 3 is 2.59 bits per heavy atom. The minimum atomic E-state index is -0.486. The maximum Gasteiger partial charge on any atom is 0.305 e. The Kier molecular flexibility index (Phi) is 9.03. The molecule has 0 aliphatic heterocycles. The zero-order chi connectivity index (χ0) is 13.3. The third kappa shape index (κ3) is 10.2. The number of nitrogens with zero attached hydrogens (tertiary/aromatic N) is 1. The van der Waals surface area contributed by atoms with Crippen molar-refractivity contribution < 1.29 is 19.4 Å². The van der Waals surface area contributed by atoms with E-state index in [9.17, 15) is 9.90 Å². The molecule has 0 aromatic carbocycles. The highest BCUT2D eigenvalue weighted by molar-refractivity contribution is 5.69. The van der Waals surface area contributed by atoms with Crippen molar-refractivity contribution in [3.8, 4) is 0 Å². The lowest BCUT2D eigenvalue weighted by Crippen LogP contribution is -2.33. The van der Waals surface area contributed by atoms with E-state index in [0.29, 0.717) is 19.6 Å². The molecule has 1 unspecified atom stereocenters. The van der Waals surface area contributed by atoms with Crippen LogP contribution in [0.15, 0.2) is 0 Å². The molecular formula is C12H25NO4. The van der Waals surface area contributed by atoms with Gasteiger partial charge in [0.2, 0.25) is 0 Å². The van der Waals surface area contributed by atoms with Gasteiger partial charge in [0.05, 0.1) is 25.9 Å². The standard InChI is InChI=1S/C12H25NO4/c1-10(2)17-9-11(14)8-13(3)7-5-6-12(15)16-4/h10-11,14H,5-9H2,1-4H3. The second kappa shape index (κ2) is 9.39. The third-order valence-electron chi connectivity index (χ3n) is 2.29. The molecule has 5 nitrogen and oxygen atoms in total. The molecule has 0 aromatic rings. The van der Waals surface area contributed by atoms with E-state index in [1.165, 1.54) is 7.11 Å². The van der Waals surface area contributed by atoms with Crippen molar-refractivity contribution in [1.29, 1.82) is 0 Å². The Bertz CT molecular complexity index is 209. The average molecular weight is 247 g/mol. The lowest BCUT2D eigenvalue weighted by molar-refractivity contribution is -0.140. The summed E-state index contributed by atoms with van der Waals surface area (Å²) in [4.78, 5) is 12.9. The number of carbonyl (C=O) groups excluding carboxylic acids is 1. The number of ether oxygens (including phenoxy) is 2. The van der Waals surface area contributed by atoms with E-state index in [-0.39, 0.29) is 12.1 Å². The second-order valence-corrected chi connectivity index (χ2v) is 4.48. The van der Waals surface area contributed by atoms with Crippen LogP contribution in [0.3, 0.4) is 0 Å². The lowest BCUT2D eigenvalue weighted by atomic mass is 10.2. The van der Waals surface area contributed by atoms with Crippen molar-refractivity contribution in [2.24, 2.45) is 0 Å². The Morgan fingerprint density at radius 1 is 1.41 bits per heavy atom. The fraction of sp³-hybridized carbons (Fsp3) is 0.917. The van der Waals surface area contributed by atoms with Crippen LogP contribution in [0.2, 0.25) is 0 Å². The predicted molar refractivity (Wildman–Crippen MR) is 65.8 cm³/mol. The molecular weight excluding hydrogens is 222 g/mol. The molecule has 0 amide bonds. The van der Waals surface area contributed by atoms with Crippen molar-refractivity contribution in [2.75, 3.05) is 33.9 Å². The van der Waals surface area contributed by atoms with Gasteiger partial charge in [-0.05, 0) is 33.9 Å². The van der Waals surface area contributed by atoms with Gasteiger partial charge in [0.15, 0.2) is 0 Å². The smallest absolute Gasteiger partial charge is 0.305 e. The maximum absolute atomic E-state index is 10.9. The molecule has 0 aliphatic carbocycles. The fourth-order valence-corrected chi connectivity index (χ4v) is 1.40. The predicted octanol–water partition coefficient (Wildman–Crippen LogP) is 0.657. The number of hydrogen-bond donors (Lipinski definition) is 1. The highest BCUT2D eigenvalue weighted by atomic mass is 16.5. The van der Waals surface area contributed by atoms with Gasteiger partial charge in [-0.15, -0.1) is 0 Å². The summed E-state index contributed by atoms with van der Waals surface area (Å²) in [6.07, 6.45) is 0.801. The SMILES string of the molecule is COC(=O)CCCN(C)CC(O)COC(C)C. The molecule has 0 aromatic heterocycles. The first kappa shape index (κ1) is 16.4. The van der Waals surface area contributed by atoms with Crippen LogP contribution in [0.4, 0.5) is 0 Å². The molecule has 0 bridgehead atoms. The van der Waals surface area contributed by atoms with Gasteiger partial charge in [0, 0.05) is 13.0 Å². The van der Waals surface area contributed by atoms with E-state index >= 15 is 0 Å². The van der Waals surface area contributed by atoms with Crippen molar-refractivity contribution in [1.82, 2.24) is 4.90 Å². The number of likely N-dealkylation sites (N-methyl/N-ethyl adjacent to an activating group) is 1. The van der Waals surface area contributed by atoms with E-state index in [1.54, 1.807) is 0 Å². The molecule has 102 valence electrons. The lowest BCUT2D eigenvalue weighted by Gasteiger charge is -2.21. The molecule has 0 aliphatic rings. The van der Waals surface area contributed by atoms with Gasteiger partial charge in [-0.3, -0.25) is 4.79 Å². The summed E-state index contributed by atoms with van der Waals surface area (Å²) in [6, 6.07) is 0. The zero-order valence-corrected chi connectivity index (χ0v) is 11.3. The first-order valence-corrected chi connectivity index (χ1v) is 6.00. The Hall–Kier alpha value is -0.650. The summed E-state index contributed by atoms with van der Waals surface area (Å²) in [7, 11) is 3.30. The first-order chi connectivity index (χ1) is 7.95. The third-order valence-corrected chi connectivity index (χ3v) is 2.29. The Labute approximate surface area is 104 Å². The summed E-state index contributed by atoms with van der Waals surface area (Å²) in [5.74, 6) is -0.193. The van der Waals surface area contributed by atoms with Crippen LogP contribution in [0.5, 0.6) is 0 Å². The largest absolute Gasteiger partial charge is 0.469 e. The molecule has 17 heavy (non-hydrogen) atoms. The highest BCUT2D eigenvalue weighted by Crippen LogP contribution is 1.98. The highest BCUT2D eigenvalue weighted by Gasteiger charge is 2.09. The average Bonchev–Trinajstić information content (AvgIpc) is 2.26. The number of esters is 1. The van der Waals surface area contributed by atoms with Gasteiger partial charge in [0.25, 0.3) is 0 Å². The number of aliphatic hydroxyl groups excluding tert-OH is 1. The van der Waals surface area contributed by atoms with Crippen molar-refractivity contribution in [3.05, 3.63) is 0 Å². The van der Waals surface area contributed by atoms with Gasteiger partial charge < -0.3 is 19.5 Å². The summed E-state index contributed by atoms with van der Waals surface area (Å²) >= 11 is 0. The Balaban J connectivity index is 3.56. The first-order valence-electron chi connectivity index (χ1n) is 6.00. The Morgan fingerprint density at radius 2 is 2.06 bits per heavy atom. The molecule has 1 atom stereocenters. The van der Waals surface area contributed by atoms with Gasteiger partial charge in [-0.2, -0.15) is 0 Å². The van der Waals surface area contributed by atoms with E-state index in [0.717, 1.165) is 13.0 Å². The van der Waals surface area contributed by atoms with Crippen LogP contribution in [0.25, 0.3) is 0 Å². The normalized spacial score (nSPS) is 13.1. The van der Waals surface area contributed by atoms with E-state index in [4.69, 9.17) is 4.74 Å². The number of methoxy groups -OCH3 is 1. The molecule has 0 fully saturated rings. The van der Waals surface area contributed by atoms with Crippen molar-refractivity contribution >= 4 is 5.97 Å². The molecule has 0 radical (unpaired) electrons. The topological polar surface area (TPSA) is 59.0 Å². The summed E-state index contributed by atoms with van der Waals surface area (Å²) in [5, 5.41) is 9.66. The number of carbonyl (C=O) groups is 1. The number of hydrogen-bond acceptors (Lipinski definition) is 5. The summed E-state index contributed by atoms with van der Waals surface area (Å²) in [5.41, 5.74) is 0. The maximum atomic E-state index is 10.9.